The second-order valence-electron chi connectivity index (χ2n) is 4.86. The summed E-state index contributed by atoms with van der Waals surface area (Å²) in [6.45, 7) is 4.28. The molecule has 3 rings (SSSR count). The number of carbonyl (C=O) groups is 1. The lowest BCUT2D eigenvalue weighted by atomic mass is 9.96. The first kappa shape index (κ1) is 11.7. The Morgan fingerprint density at radius 3 is 3.28 bits per heavy atom. The molecule has 0 radical (unpaired) electrons. The second-order valence-corrected chi connectivity index (χ2v) is 5.73. The number of aldehydes is 1. The van der Waals surface area contributed by atoms with Crippen molar-refractivity contribution in [1.29, 1.82) is 0 Å². The lowest BCUT2D eigenvalue weighted by Crippen LogP contribution is -2.36. The molecular weight excluding hydrogens is 246 g/mol. The molecule has 1 saturated heterocycles. The van der Waals surface area contributed by atoms with Crippen LogP contribution in [0.25, 0.3) is 4.96 Å². The Bertz CT molecular complexity index is 560. The first-order valence-electron chi connectivity index (χ1n) is 6.49. The number of hydrogen-bond acceptors (Lipinski definition) is 4. The van der Waals surface area contributed by atoms with Crippen LogP contribution >= 0.6 is 11.3 Å². The molecule has 5 heteroatoms. The van der Waals surface area contributed by atoms with Crippen LogP contribution in [-0.2, 0) is 0 Å². The normalized spacial score (nSPS) is 20.5. The molecule has 1 unspecified atom stereocenters. The van der Waals surface area contributed by atoms with Gasteiger partial charge in [0.25, 0.3) is 0 Å². The zero-order valence-electron chi connectivity index (χ0n) is 10.5. The zero-order chi connectivity index (χ0) is 12.5. The van der Waals surface area contributed by atoms with E-state index in [4.69, 9.17) is 0 Å². The number of imidazole rings is 1. The second kappa shape index (κ2) is 4.72. The SMILES string of the molecule is CCC1CCCN(c2nc3sccn3c2C=O)C1. The average Bonchev–Trinajstić information content (AvgIpc) is 2.98. The van der Waals surface area contributed by atoms with E-state index in [-0.39, 0.29) is 0 Å². The third-order valence-electron chi connectivity index (χ3n) is 3.79. The van der Waals surface area contributed by atoms with Gasteiger partial charge < -0.3 is 4.90 Å². The summed E-state index contributed by atoms with van der Waals surface area (Å²) in [6, 6.07) is 0. The maximum absolute atomic E-state index is 11.3. The lowest BCUT2D eigenvalue weighted by Gasteiger charge is -2.32. The van der Waals surface area contributed by atoms with Crippen LogP contribution < -0.4 is 4.90 Å². The van der Waals surface area contributed by atoms with Crippen molar-refractivity contribution in [2.45, 2.75) is 26.2 Å². The molecule has 2 aromatic heterocycles. The maximum Gasteiger partial charge on any atom is 0.196 e. The smallest absolute Gasteiger partial charge is 0.196 e. The van der Waals surface area contributed by atoms with Crippen molar-refractivity contribution in [3.05, 3.63) is 17.3 Å². The highest BCUT2D eigenvalue weighted by atomic mass is 32.1. The van der Waals surface area contributed by atoms with Crippen molar-refractivity contribution in [3.8, 4) is 0 Å². The summed E-state index contributed by atoms with van der Waals surface area (Å²) in [5, 5.41) is 1.96. The summed E-state index contributed by atoms with van der Waals surface area (Å²) in [6.07, 6.45) is 6.54. The van der Waals surface area contributed by atoms with Crippen molar-refractivity contribution in [1.82, 2.24) is 9.38 Å². The fourth-order valence-corrected chi connectivity index (χ4v) is 3.44. The Balaban J connectivity index is 1.97. The molecule has 1 aliphatic heterocycles. The molecule has 0 N–H and O–H groups in total. The summed E-state index contributed by atoms with van der Waals surface area (Å²) in [7, 11) is 0. The van der Waals surface area contributed by atoms with Crippen molar-refractivity contribution >= 4 is 28.4 Å². The van der Waals surface area contributed by atoms with Gasteiger partial charge in [0, 0.05) is 24.7 Å². The average molecular weight is 263 g/mol. The molecular formula is C13H17N3OS. The molecule has 4 nitrogen and oxygen atoms in total. The minimum absolute atomic E-state index is 0.697. The number of anilines is 1. The van der Waals surface area contributed by atoms with E-state index in [2.05, 4.69) is 16.8 Å². The van der Waals surface area contributed by atoms with E-state index in [1.807, 2.05) is 16.0 Å². The maximum atomic E-state index is 11.3. The van der Waals surface area contributed by atoms with Crippen LogP contribution in [0.1, 0.15) is 36.7 Å². The predicted octanol–water partition coefficient (Wildman–Crippen LogP) is 2.83. The van der Waals surface area contributed by atoms with Crippen LogP contribution in [-0.4, -0.2) is 28.8 Å². The molecule has 3 heterocycles. The van der Waals surface area contributed by atoms with Gasteiger partial charge in [0.1, 0.15) is 5.69 Å². The van der Waals surface area contributed by atoms with Crippen LogP contribution in [0.5, 0.6) is 0 Å². The summed E-state index contributed by atoms with van der Waals surface area (Å²) in [5.41, 5.74) is 0.697. The van der Waals surface area contributed by atoms with Gasteiger partial charge in [-0.15, -0.1) is 11.3 Å². The number of thiazole rings is 1. The van der Waals surface area contributed by atoms with Crippen molar-refractivity contribution in [2.24, 2.45) is 5.92 Å². The Hall–Kier alpha value is -1.36. The molecule has 0 spiro atoms. The van der Waals surface area contributed by atoms with Gasteiger partial charge >= 0.3 is 0 Å². The first-order valence-corrected chi connectivity index (χ1v) is 7.37. The van der Waals surface area contributed by atoms with E-state index in [0.717, 1.165) is 36.1 Å². The van der Waals surface area contributed by atoms with Crippen molar-refractivity contribution in [3.63, 3.8) is 0 Å². The molecule has 1 fully saturated rings. The Morgan fingerprint density at radius 2 is 2.50 bits per heavy atom. The van der Waals surface area contributed by atoms with Crippen molar-refractivity contribution < 1.29 is 4.79 Å². The molecule has 0 aromatic carbocycles. The highest BCUT2D eigenvalue weighted by Gasteiger charge is 2.24. The third-order valence-corrected chi connectivity index (χ3v) is 4.54. The van der Waals surface area contributed by atoms with Gasteiger partial charge in [0.2, 0.25) is 0 Å². The number of nitrogens with zero attached hydrogens (tertiary/aromatic N) is 3. The monoisotopic (exact) mass is 263 g/mol. The molecule has 1 atom stereocenters. The van der Waals surface area contributed by atoms with Crippen molar-refractivity contribution in [2.75, 3.05) is 18.0 Å². The van der Waals surface area contributed by atoms with Gasteiger partial charge in [-0.1, -0.05) is 13.3 Å². The lowest BCUT2D eigenvalue weighted by molar-refractivity contribution is 0.111. The fourth-order valence-electron chi connectivity index (χ4n) is 2.72. The van der Waals surface area contributed by atoms with Gasteiger partial charge in [-0.25, -0.2) is 4.98 Å². The third kappa shape index (κ3) is 1.82. The summed E-state index contributed by atoms with van der Waals surface area (Å²) < 4.78 is 1.89. The minimum atomic E-state index is 0.697. The van der Waals surface area contributed by atoms with Crippen LogP contribution in [0.2, 0.25) is 0 Å². The fraction of sp³-hybridized carbons (Fsp3) is 0.538. The summed E-state index contributed by atoms with van der Waals surface area (Å²) in [5.74, 6) is 1.60. The number of fused-ring (bicyclic) bond motifs is 1. The van der Waals surface area contributed by atoms with E-state index >= 15 is 0 Å². The molecule has 2 aromatic rings. The molecule has 0 saturated carbocycles. The van der Waals surface area contributed by atoms with E-state index in [9.17, 15) is 4.79 Å². The standard InChI is InChI=1S/C13H17N3OS/c1-2-10-4-3-5-15(8-10)12-11(9-17)16-6-7-18-13(16)14-12/h6-7,9-10H,2-5,8H2,1H3. The van der Waals surface area contributed by atoms with Gasteiger partial charge in [-0.2, -0.15) is 0 Å². The Morgan fingerprint density at radius 1 is 1.61 bits per heavy atom. The summed E-state index contributed by atoms with van der Waals surface area (Å²) >= 11 is 1.57. The van der Waals surface area contributed by atoms with Crippen LogP contribution in [0, 0.1) is 5.92 Å². The van der Waals surface area contributed by atoms with E-state index < -0.39 is 0 Å². The Labute approximate surface area is 110 Å². The van der Waals surface area contributed by atoms with Gasteiger partial charge in [-0.05, 0) is 18.8 Å². The summed E-state index contributed by atoms with van der Waals surface area (Å²) in [4.78, 5) is 19.1. The van der Waals surface area contributed by atoms with Crippen LogP contribution in [0.4, 0.5) is 5.82 Å². The van der Waals surface area contributed by atoms with E-state index in [1.54, 1.807) is 11.3 Å². The molecule has 0 aliphatic carbocycles. The first-order chi connectivity index (χ1) is 8.83. The molecule has 0 bridgehead atoms. The highest BCUT2D eigenvalue weighted by molar-refractivity contribution is 7.15. The number of carbonyl (C=O) groups excluding carboxylic acids is 1. The number of piperidine rings is 1. The molecule has 0 amide bonds. The van der Waals surface area contributed by atoms with Crippen LogP contribution in [0.3, 0.4) is 0 Å². The minimum Gasteiger partial charge on any atom is -0.354 e. The van der Waals surface area contributed by atoms with Gasteiger partial charge in [0.05, 0.1) is 0 Å². The number of aromatic nitrogens is 2. The topological polar surface area (TPSA) is 37.6 Å². The number of rotatable bonds is 3. The van der Waals surface area contributed by atoms with E-state index in [0.29, 0.717) is 5.69 Å². The van der Waals surface area contributed by atoms with Gasteiger partial charge in [-0.3, -0.25) is 9.20 Å². The largest absolute Gasteiger partial charge is 0.354 e. The Kier molecular flexibility index (Phi) is 3.07. The number of hydrogen-bond donors (Lipinski definition) is 0. The van der Waals surface area contributed by atoms with Crippen LogP contribution in [0.15, 0.2) is 11.6 Å². The highest BCUT2D eigenvalue weighted by Crippen LogP contribution is 2.28. The molecule has 1 aliphatic rings. The molecule has 18 heavy (non-hydrogen) atoms. The quantitative estimate of drug-likeness (QED) is 0.799. The zero-order valence-corrected chi connectivity index (χ0v) is 11.3. The predicted molar refractivity (Wildman–Crippen MR) is 73.7 cm³/mol. The van der Waals surface area contributed by atoms with E-state index in [1.165, 1.54) is 19.3 Å². The molecule has 96 valence electrons. The van der Waals surface area contributed by atoms with Gasteiger partial charge in [0.15, 0.2) is 17.1 Å².